The third kappa shape index (κ3) is 14.3. The van der Waals surface area contributed by atoms with E-state index in [4.69, 9.17) is 23.5 Å². The van der Waals surface area contributed by atoms with E-state index in [0.717, 1.165) is 60.4 Å². The first-order chi connectivity index (χ1) is 23.8. The number of oxazole rings is 1. The predicted octanol–water partition coefficient (Wildman–Crippen LogP) is 11.5. The van der Waals surface area contributed by atoms with Crippen LogP contribution in [0.2, 0.25) is 0 Å². The fraction of sp³-hybridized carbons (Fsp3) is 0.513. The molecule has 0 radical (unpaired) electrons. The number of allylic oxidation sites excluding steroid dienone is 1. The van der Waals surface area contributed by atoms with Gasteiger partial charge in [0.2, 0.25) is 5.89 Å². The van der Waals surface area contributed by atoms with Gasteiger partial charge < -0.3 is 18.6 Å². The van der Waals surface area contributed by atoms with Crippen LogP contribution in [0.25, 0.3) is 17.0 Å². The van der Waals surface area contributed by atoms with Crippen LogP contribution in [0.4, 0.5) is 22.8 Å². The summed E-state index contributed by atoms with van der Waals surface area (Å²) < 4.78 is 61.6. The summed E-state index contributed by atoms with van der Waals surface area (Å²) in [6, 6.07) is 12.1. The van der Waals surface area contributed by atoms with Gasteiger partial charge in [-0.15, -0.1) is 5.06 Å². The summed E-state index contributed by atoms with van der Waals surface area (Å²) in [4.78, 5) is 35.4. The summed E-state index contributed by atoms with van der Waals surface area (Å²) in [5.41, 5.74) is 0.277. The summed E-state index contributed by atoms with van der Waals surface area (Å²) in [7, 11) is 0. The number of halogens is 3. The monoisotopic (exact) mass is 716 g/mol. The lowest BCUT2D eigenvalue weighted by atomic mass is 9.98. The Hall–Kier alpha value is -4.48. The third-order valence-electron chi connectivity index (χ3n) is 7.41. The molecule has 0 saturated carbocycles. The fourth-order valence-electron chi connectivity index (χ4n) is 4.90. The molecule has 3 aromatic rings. The van der Waals surface area contributed by atoms with E-state index in [0.29, 0.717) is 29.2 Å². The van der Waals surface area contributed by atoms with Crippen LogP contribution in [0, 0.1) is 6.92 Å². The molecule has 0 N–H and O–H groups in total. The molecule has 0 spiro atoms. The summed E-state index contributed by atoms with van der Waals surface area (Å²) >= 11 is 0. The van der Waals surface area contributed by atoms with Crippen molar-refractivity contribution in [1.29, 1.82) is 0 Å². The molecule has 0 unspecified atom stereocenters. The van der Waals surface area contributed by atoms with Crippen molar-refractivity contribution in [2.75, 3.05) is 6.54 Å². The Morgan fingerprint density at radius 1 is 0.882 bits per heavy atom. The molecule has 0 saturated heterocycles. The van der Waals surface area contributed by atoms with E-state index in [1.165, 1.54) is 18.6 Å². The van der Waals surface area contributed by atoms with E-state index >= 15 is 0 Å². The Labute approximate surface area is 299 Å². The number of hydroxylamine groups is 2. The number of alkyl halides is 3. The first kappa shape index (κ1) is 40.9. The van der Waals surface area contributed by atoms with Gasteiger partial charge in [0.1, 0.15) is 35.0 Å². The van der Waals surface area contributed by atoms with Crippen LogP contribution < -0.4 is 4.74 Å². The number of rotatable bonds is 14. The number of carbonyl (C=O) groups is 2. The number of amides is 1. The molecular formula is C39H51F3N2O7. The zero-order valence-electron chi connectivity index (χ0n) is 30.9. The first-order valence-corrected chi connectivity index (χ1v) is 17.3. The van der Waals surface area contributed by atoms with E-state index in [-0.39, 0.29) is 19.0 Å². The van der Waals surface area contributed by atoms with E-state index in [1.807, 2.05) is 24.3 Å². The van der Waals surface area contributed by atoms with E-state index < -0.39 is 35.2 Å². The minimum absolute atomic E-state index is 0.0616. The number of hydrogen-bond donors (Lipinski definition) is 0. The highest BCUT2D eigenvalue weighted by Crippen LogP contribution is 2.32. The van der Waals surface area contributed by atoms with Gasteiger partial charge in [0.15, 0.2) is 0 Å². The maximum absolute atomic E-state index is 13.1. The smallest absolute Gasteiger partial charge is 0.487 e. The highest BCUT2D eigenvalue weighted by Gasteiger charge is 2.30. The van der Waals surface area contributed by atoms with Gasteiger partial charge in [0.25, 0.3) is 0 Å². The first-order valence-electron chi connectivity index (χ1n) is 17.3. The third-order valence-corrected chi connectivity index (χ3v) is 7.41. The Morgan fingerprint density at radius 3 is 2.16 bits per heavy atom. The molecule has 0 aliphatic carbocycles. The number of benzene rings is 2. The maximum Gasteiger partial charge on any atom is 0.534 e. The van der Waals surface area contributed by atoms with E-state index in [2.05, 4.69) is 11.9 Å². The molecule has 1 amide bonds. The van der Waals surface area contributed by atoms with Gasteiger partial charge in [0.05, 0.1) is 12.1 Å². The maximum atomic E-state index is 13.1. The van der Waals surface area contributed by atoms with Gasteiger partial charge in [0, 0.05) is 5.56 Å². The van der Waals surface area contributed by atoms with Gasteiger partial charge in [-0.2, -0.15) is 13.2 Å². The Balaban J connectivity index is 1.82. The number of aromatic nitrogens is 1. The SMILES string of the molecule is CCCCCCCC/C(=C/CN(OC(=O)OC(C)(C)C)C(=O)OC(C)(C)C)c1cccc(OCc2nc(-c3ccc(C(F)(F)F)cc3)oc2C)c1. The second kappa shape index (κ2) is 18.1. The number of nitrogens with zero attached hydrogens (tertiary/aromatic N) is 2. The van der Waals surface area contributed by atoms with Crippen molar-refractivity contribution in [3.8, 4) is 17.2 Å². The molecule has 12 heteroatoms. The lowest BCUT2D eigenvalue weighted by Crippen LogP contribution is -2.40. The van der Waals surface area contributed by atoms with E-state index in [9.17, 15) is 22.8 Å². The van der Waals surface area contributed by atoms with Crippen molar-refractivity contribution in [3.05, 3.63) is 77.2 Å². The summed E-state index contributed by atoms with van der Waals surface area (Å²) in [6.07, 6.45) is 2.78. The van der Waals surface area contributed by atoms with Gasteiger partial charge in [-0.25, -0.2) is 14.6 Å². The minimum Gasteiger partial charge on any atom is -0.487 e. The number of unbranched alkanes of at least 4 members (excludes halogenated alkanes) is 5. The molecule has 0 bridgehead atoms. The van der Waals surface area contributed by atoms with Crippen LogP contribution in [0.1, 0.15) is 116 Å². The fourth-order valence-corrected chi connectivity index (χ4v) is 4.90. The highest BCUT2D eigenvalue weighted by molar-refractivity contribution is 5.72. The van der Waals surface area contributed by atoms with Crippen LogP contribution in [0.15, 0.2) is 59.0 Å². The zero-order valence-corrected chi connectivity index (χ0v) is 30.9. The normalized spacial score (nSPS) is 12.4. The van der Waals surface area contributed by atoms with Crippen LogP contribution in [0.5, 0.6) is 5.75 Å². The van der Waals surface area contributed by atoms with Crippen molar-refractivity contribution in [3.63, 3.8) is 0 Å². The number of hydrogen-bond acceptors (Lipinski definition) is 8. The van der Waals surface area contributed by atoms with Crippen molar-refractivity contribution in [2.45, 2.75) is 124 Å². The zero-order chi connectivity index (χ0) is 37.8. The van der Waals surface area contributed by atoms with Crippen molar-refractivity contribution < 1.29 is 46.2 Å². The van der Waals surface area contributed by atoms with Gasteiger partial charge in [-0.1, -0.05) is 57.2 Å². The number of ether oxygens (including phenoxy) is 3. The molecule has 0 atom stereocenters. The summed E-state index contributed by atoms with van der Waals surface area (Å²) in [5.74, 6) is 1.23. The average Bonchev–Trinajstić information content (AvgIpc) is 3.40. The molecule has 0 aliphatic rings. The number of carbonyl (C=O) groups excluding carboxylic acids is 2. The molecule has 2 aromatic carbocycles. The molecular weight excluding hydrogens is 665 g/mol. The van der Waals surface area contributed by atoms with Gasteiger partial charge >= 0.3 is 18.4 Å². The van der Waals surface area contributed by atoms with Crippen LogP contribution >= 0.6 is 0 Å². The van der Waals surface area contributed by atoms with Crippen molar-refractivity contribution in [1.82, 2.24) is 10.0 Å². The second-order valence-corrected chi connectivity index (χ2v) is 14.3. The standard InChI is InChI=1S/C39H51F3N2O7/c1-9-10-11-12-13-14-16-28(23-24-44(35(45)49-37(3,4)5)51-36(46)50-38(6,7)8)30-17-15-18-32(25-30)47-26-33-27(2)48-34(43-33)29-19-21-31(22-20-29)39(40,41)42/h15,17-23,25H,9-14,16,24,26H2,1-8H3/b28-23-. The van der Waals surface area contributed by atoms with Crippen LogP contribution in [-0.4, -0.2) is 40.0 Å². The van der Waals surface area contributed by atoms with Crippen LogP contribution in [0.3, 0.4) is 0 Å². The second-order valence-electron chi connectivity index (χ2n) is 14.3. The van der Waals surface area contributed by atoms with Gasteiger partial charge in [-0.3, -0.25) is 4.84 Å². The summed E-state index contributed by atoms with van der Waals surface area (Å²) in [6.45, 7) is 14.1. The largest absolute Gasteiger partial charge is 0.534 e. The predicted molar refractivity (Wildman–Crippen MR) is 189 cm³/mol. The van der Waals surface area contributed by atoms with Crippen molar-refractivity contribution in [2.24, 2.45) is 0 Å². The molecule has 0 aliphatic heterocycles. The number of aryl methyl sites for hydroxylation is 1. The molecule has 1 aromatic heterocycles. The molecule has 1 heterocycles. The Kier molecular flexibility index (Phi) is 14.6. The average molecular weight is 717 g/mol. The Bertz CT molecular complexity index is 1600. The van der Waals surface area contributed by atoms with Gasteiger partial charge in [-0.05, 0) is 109 Å². The molecule has 0 fully saturated rings. The van der Waals surface area contributed by atoms with Crippen LogP contribution in [-0.2, 0) is 27.1 Å². The lowest BCUT2D eigenvalue weighted by molar-refractivity contribution is -0.137. The Morgan fingerprint density at radius 2 is 1.53 bits per heavy atom. The molecule has 51 heavy (non-hydrogen) atoms. The molecule has 280 valence electrons. The summed E-state index contributed by atoms with van der Waals surface area (Å²) in [5, 5.41) is 0.850. The topological polar surface area (TPSA) is 100 Å². The van der Waals surface area contributed by atoms with E-state index in [1.54, 1.807) is 54.5 Å². The highest BCUT2D eigenvalue weighted by atomic mass is 19.4. The molecule has 9 nitrogen and oxygen atoms in total. The lowest BCUT2D eigenvalue weighted by Gasteiger charge is -2.27. The molecule has 3 rings (SSSR count). The quantitative estimate of drug-likeness (QED) is 0.0923. The van der Waals surface area contributed by atoms with Crippen molar-refractivity contribution >= 4 is 17.8 Å². The minimum atomic E-state index is -4.44.